The highest BCUT2D eigenvalue weighted by Crippen LogP contribution is 2.26. The highest BCUT2D eigenvalue weighted by Gasteiger charge is 2.45. The van der Waals surface area contributed by atoms with Gasteiger partial charge in [0.05, 0.1) is 18.8 Å². The van der Waals surface area contributed by atoms with Gasteiger partial charge in [0, 0.05) is 13.1 Å². The summed E-state index contributed by atoms with van der Waals surface area (Å²) in [4.78, 5) is 1.97. The summed E-state index contributed by atoms with van der Waals surface area (Å²) < 4.78 is 33.3. The molecule has 1 aliphatic rings. The van der Waals surface area contributed by atoms with Gasteiger partial charge in [0.25, 0.3) is 0 Å². The molecule has 0 saturated carbocycles. The minimum Gasteiger partial charge on any atom is -0.394 e. The van der Waals surface area contributed by atoms with Gasteiger partial charge in [-0.25, -0.2) is 13.1 Å². The van der Waals surface area contributed by atoms with E-state index in [9.17, 15) is 18.6 Å². The first-order valence-electron chi connectivity index (χ1n) is 9.14. The SMILES string of the molecule is CN(CCc1ccccc1)[C@@H]1[C@H](O)[C@H](CO)O[C@@H]1CNS(=O)(=O)c1cccs1.Cl. The number of nitrogens with zero attached hydrogens (tertiary/aromatic N) is 1. The van der Waals surface area contributed by atoms with Gasteiger partial charge in [-0.05, 0) is 30.5 Å². The molecule has 0 radical (unpaired) electrons. The first kappa shape index (κ1) is 24.2. The molecule has 0 amide bonds. The minimum absolute atomic E-state index is 0. The van der Waals surface area contributed by atoms with Gasteiger partial charge in [-0.15, -0.1) is 23.7 Å². The molecule has 0 unspecified atom stereocenters. The maximum Gasteiger partial charge on any atom is 0.250 e. The molecule has 1 aliphatic heterocycles. The number of halogens is 1. The quantitative estimate of drug-likeness (QED) is 0.516. The molecule has 1 aromatic heterocycles. The number of ether oxygens (including phenoxy) is 1. The lowest BCUT2D eigenvalue weighted by molar-refractivity contribution is -0.0201. The van der Waals surface area contributed by atoms with Crippen LogP contribution in [0.1, 0.15) is 5.56 Å². The number of aliphatic hydroxyl groups excluding tert-OH is 2. The van der Waals surface area contributed by atoms with Gasteiger partial charge in [-0.2, -0.15) is 0 Å². The molecule has 162 valence electrons. The summed E-state index contributed by atoms with van der Waals surface area (Å²) in [6.07, 6.45) is -1.41. The summed E-state index contributed by atoms with van der Waals surface area (Å²) in [5.41, 5.74) is 1.18. The molecule has 0 bridgehead atoms. The van der Waals surface area contributed by atoms with Crippen LogP contribution in [0.3, 0.4) is 0 Å². The van der Waals surface area contributed by atoms with E-state index in [1.807, 2.05) is 42.3 Å². The van der Waals surface area contributed by atoms with Gasteiger partial charge in [0.2, 0.25) is 10.0 Å². The van der Waals surface area contributed by atoms with Crippen molar-refractivity contribution in [1.82, 2.24) is 9.62 Å². The van der Waals surface area contributed by atoms with E-state index < -0.39 is 34.4 Å². The Bertz CT molecular complexity index is 836. The molecule has 10 heteroatoms. The average Bonchev–Trinajstić information content (AvgIpc) is 3.34. The third-order valence-corrected chi connectivity index (χ3v) is 7.80. The van der Waals surface area contributed by atoms with E-state index >= 15 is 0 Å². The largest absolute Gasteiger partial charge is 0.394 e. The molecule has 29 heavy (non-hydrogen) atoms. The predicted molar refractivity (Wildman–Crippen MR) is 115 cm³/mol. The molecule has 2 heterocycles. The van der Waals surface area contributed by atoms with E-state index in [0.29, 0.717) is 6.54 Å². The van der Waals surface area contributed by atoms with Gasteiger partial charge < -0.3 is 14.9 Å². The Labute approximate surface area is 181 Å². The zero-order chi connectivity index (χ0) is 20.1. The van der Waals surface area contributed by atoms with Gasteiger partial charge in [0.15, 0.2) is 0 Å². The number of sulfonamides is 1. The smallest absolute Gasteiger partial charge is 0.250 e. The summed E-state index contributed by atoms with van der Waals surface area (Å²) in [6.45, 7) is 0.369. The van der Waals surface area contributed by atoms with E-state index in [0.717, 1.165) is 17.8 Å². The Hall–Kier alpha value is -1.04. The van der Waals surface area contributed by atoms with E-state index in [2.05, 4.69) is 4.72 Å². The third kappa shape index (κ3) is 5.99. The van der Waals surface area contributed by atoms with Crippen molar-refractivity contribution in [3.63, 3.8) is 0 Å². The first-order chi connectivity index (χ1) is 13.4. The van der Waals surface area contributed by atoms with Gasteiger partial charge in [0.1, 0.15) is 16.4 Å². The zero-order valence-corrected chi connectivity index (χ0v) is 18.5. The second-order valence-corrected chi connectivity index (χ2v) is 9.82. The molecule has 7 nitrogen and oxygen atoms in total. The summed E-state index contributed by atoms with van der Waals surface area (Å²) in [7, 11) is -1.75. The Morgan fingerprint density at radius 1 is 1.17 bits per heavy atom. The molecule has 2 aromatic rings. The molecule has 3 N–H and O–H groups in total. The predicted octanol–water partition coefficient (Wildman–Crippen LogP) is 1.11. The van der Waals surface area contributed by atoms with Crippen molar-refractivity contribution in [1.29, 1.82) is 0 Å². The third-order valence-electron chi connectivity index (χ3n) is 4.98. The van der Waals surface area contributed by atoms with Crippen LogP contribution < -0.4 is 4.72 Å². The van der Waals surface area contributed by atoms with Crippen molar-refractivity contribution in [3.05, 3.63) is 53.4 Å². The van der Waals surface area contributed by atoms with Crippen molar-refractivity contribution in [2.75, 3.05) is 26.7 Å². The van der Waals surface area contributed by atoms with Crippen molar-refractivity contribution >= 4 is 33.8 Å². The molecule has 0 spiro atoms. The van der Waals surface area contributed by atoms with Crippen molar-refractivity contribution < 1.29 is 23.4 Å². The van der Waals surface area contributed by atoms with E-state index in [1.54, 1.807) is 11.4 Å². The maximum absolute atomic E-state index is 12.4. The molecule has 1 saturated heterocycles. The van der Waals surface area contributed by atoms with Crippen LogP contribution in [0.25, 0.3) is 0 Å². The van der Waals surface area contributed by atoms with Crippen LogP contribution in [-0.4, -0.2) is 74.6 Å². The van der Waals surface area contributed by atoms with E-state index in [1.165, 1.54) is 11.6 Å². The maximum atomic E-state index is 12.4. The van der Waals surface area contributed by atoms with Crippen LogP contribution in [0.5, 0.6) is 0 Å². The lowest BCUT2D eigenvalue weighted by Crippen LogP contribution is -2.50. The fourth-order valence-electron chi connectivity index (χ4n) is 3.47. The number of likely N-dealkylation sites (N-methyl/N-ethyl adjacent to an activating group) is 1. The normalized spacial score (nSPS) is 24.6. The fraction of sp³-hybridized carbons (Fsp3) is 0.474. The topological polar surface area (TPSA) is 99.1 Å². The van der Waals surface area contributed by atoms with Gasteiger partial charge >= 0.3 is 0 Å². The fourth-order valence-corrected chi connectivity index (χ4v) is 5.55. The van der Waals surface area contributed by atoms with Crippen LogP contribution in [0.4, 0.5) is 0 Å². The highest BCUT2D eigenvalue weighted by molar-refractivity contribution is 7.91. The Morgan fingerprint density at radius 3 is 2.52 bits per heavy atom. The van der Waals surface area contributed by atoms with Crippen LogP contribution in [0, 0.1) is 0 Å². The monoisotopic (exact) mass is 462 g/mol. The molecule has 0 aliphatic carbocycles. The number of rotatable bonds is 9. The highest BCUT2D eigenvalue weighted by atomic mass is 35.5. The summed E-state index contributed by atoms with van der Waals surface area (Å²) in [5, 5.41) is 21.8. The van der Waals surface area contributed by atoms with Gasteiger partial charge in [-0.1, -0.05) is 36.4 Å². The van der Waals surface area contributed by atoms with Crippen molar-refractivity contribution in [2.24, 2.45) is 0 Å². The Kier molecular flexibility index (Phi) is 9.05. The zero-order valence-electron chi connectivity index (χ0n) is 16.0. The summed E-state index contributed by atoms with van der Waals surface area (Å²) in [6, 6.07) is 12.8. The number of nitrogens with one attached hydrogen (secondary N) is 1. The van der Waals surface area contributed by atoms with Crippen LogP contribution >= 0.6 is 23.7 Å². The summed E-state index contributed by atoms with van der Waals surface area (Å²) in [5.74, 6) is 0. The standard InChI is InChI=1S/C19H26N2O5S2.ClH/c1-21(10-9-14-6-3-2-4-7-14)18-15(26-16(13-22)19(18)23)12-20-28(24,25)17-8-5-11-27-17;/h2-8,11,15-16,18-20,22-23H,9-10,12-13H2,1H3;1H/t15-,16+,18+,19-;/m1./s1. The molecule has 4 atom stereocenters. The number of benzene rings is 1. The average molecular weight is 463 g/mol. The van der Waals surface area contributed by atoms with Crippen LogP contribution in [0.15, 0.2) is 52.1 Å². The lowest BCUT2D eigenvalue weighted by atomic mass is 10.0. The van der Waals surface area contributed by atoms with E-state index in [-0.39, 0.29) is 29.8 Å². The Balaban J connectivity index is 0.00000300. The number of hydrogen-bond donors (Lipinski definition) is 3. The molecule has 3 rings (SSSR count). The first-order valence-corrected chi connectivity index (χ1v) is 11.5. The number of aliphatic hydroxyl groups is 2. The lowest BCUT2D eigenvalue weighted by Gasteiger charge is -2.30. The molecule has 1 aromatic carbocycles. The minimum atomic E-state index is -3.62. The molecular formula is C19H27ClN2O5S2. The summed E-state index contributed by atoms with van der Waals surface area (Å²) >= 11 is 1.14. The van der Waals surface area contributed by atoms with Crippen molar-refractivity contribution in [2.45, 2.75) is 35.0 Å². The second-order valence-electron chi connectivity index (χ2n) is 6.88. The molecular weight excluding hydrogens is 436 g/mol. The van der Waals surface area contributed by atoms with E-state index in [4.69, 9.17) is 4.74 Å². The number of hydrogen-bond acceptors (Lipinski definition) is 7. The van der Waals surface area contributed by atoms with Gasteiger partial charge in [-0.3, -0.25) is 4.90 Å². The van der Waals surface area contributed by atoms with Crippen LogP contribution in [0.2, 0.25) is 0 Å². The second kappa shape index (κ2) is 10.8. The van der Waals surface area contributed by atoms with Crippen molar-refractivity contribution in [3.8, 4) is 0 Å². The Morgan fingerprint density at radius 2 is 1.90 bits per heavy atom. The molecule has 1 fully saturated rings. The number of thiophene rings is 1. The van der Waals surface area contributed by atoms with Crippen LogP contribution in [-0.2, 0) is 21.2 Å².